The first-order chi connectivity index (χ1) is 19.1. The summed E-state index contributed by atoms with van der Waals surface area (Å²) >= 11 is 2.23. The molecule has 5 aromatic carbocycles. The van der Waals surface area contributed by atoms with E-state index < -0.39 is 5.92 Å². The molecule has 0 atom stereocenters. The van der Waals surface area contributed by atoms with Crippen molar-refractivity contribution in [1.29, 1.82) is 0 Å². The number of halogens is 1. The van der Waals surface area contributed by atoms with Gasteiger partial charge in [-0.15, -0.1) is 0 Å². The summed E-state index contributed by atoms with van der Waals surface area (Å²) in [5.74, 6) is 0.589. The van der Waals surface area contributed by atoms with Gasteiger partial charge in [0.25, 0.3) is 5.91 Å². The number of hydrazone groups is 1. The Kier molecular flexibility index (Phi) is 8.53. The van der Waals surface area contributed by atoms with E-state index in [9.17, 15) is 4.79 Å². The van der Waals surface area contributed by atoms with E-state index in [1.807, 2.05) is 91.0 Å². The largest absolute Gasteiger partial charge is 0.493 e. The number of hydrogen-bond donors (Lipinski definition) is 1. The minimum Gasteiger partial charge on any atom is -0.493 e. The average Bonchev–Trinajstić information content (AvgIpc) is 2.97. The monoisotopic (exact) mass is 626 g/mol. The quantitative estimate of drug-likeness (QED) is 0.106. The zero-order valence-corrected chi connectivity index (χ0v) is 23.5. The van der Waals surface area contributed by atoms with Gasteiger partial charge in [-0.05, 0) is 67.7 Å². The molecule has 1 N–H and O–H groups in total. The maximum Gasteiger partial charge on any atom is 0.252 e. The summed E-state index contributed by atoms with van der Waals surface area (Å²) in [5, 5.41) is 6.60. The number of benzene rings is 5. The lowest BCUT2D eigenvalue weighted by atomic mass is 9.91. The van der Waals surface area contributed by atoms with Gasteiger partial charge in [-0.1, -0.05) is 103 Å². The van der Waals surface area contributed by atoms with Crippen LogP contribution in [0.25, 0.3) is 10.8 Å². The lowest BCUT2D eigenvalue weighted by Crippen LogP contribution is -2.26. The van der Waals surface area contributed by atoms with Crippen LogP contribution in [0.1, 0.15) is 28.2 Å². The molecular formula is C33H27IN2O3. The van der Waals surface area contributed by atoms with Gasteiger partial charge in [0.15, 0.2) is 11.5 Å². The molecule has 0 saturated heterocycles. The standard InChI is InChI=1S/C33H27IN2O3/c1-38-30-20-23(19-29(34)32(30)39-22-27-17-10-16-24-11-8-9-18-28(24)27)21-35-36-33(37)31(25-12-4-2-5-13-25)26-14-6-3-7-15-26/h2-21,31H,22H2,1H3,(H,36,37)/b35-21+. The lowest BCUT2D eigenvalue weighted by Gasteiger charge is -2.16. The van der Waals surface area contributed by atoms with Crippen LogP contribution in [0, 0.1) is 3.57 Å². The van der Waals surface area contributed by atoms with Gasteiger partial charge < -0.3 is 9.47 Å². The SMILES string of the molecule is COc1cc(/C=N/NC(=O)C(c2ccccc2)c2ccccc2)cc(I)c1OCc1cccc2ccccc12. The normalized spacial score (nSPS) is 11.2. The van der Waals surface area contributed by atoms with Crippen molar-refractivity contribution < 1.29 is 14.3 Å². The number of methoxy groups -OCH3 is 1. The second kappa shape index (κ2) is 12.6. The minimum absolute atomic E-state index is 0.208. The predicted molar refractivity (Wildman–Crippen MR) is 164 cm³/mol. The Balaban J connectivity index is 1.32. The molecule has 5 rings (SSSR count). The topological polar surface area (TPSA) is 59.9 Å². The first-order valence-electron chi connectivity index (χ1n) is 12.5. The summed E-state index contributed by atoms with van der Waals surface area (Å²) in [5.41, 5.74) is 6.41. The zero-order valence-electron chi connectivity index (χ0n) is 21.4. The molecule has 0 bridgehead atoms. The maximum atomic E-state index is 13.2. The van der Waals surface area contributed by atoms with Gasteiger partial charge in [0.05, 0.1) is 22.8 Å². The summed E-state index contributed by atoms with van der Waals surface area (Å²) in [6.07, 6.45) is 1.62. The van der Waals surface area contributed by atoms with Crippen molar-refractivity contribution in [3.63, 3.8) is 0 Å². The zero-order chi connectivity index (χ0) is 27.0. The Morgan fingerprint density at radius 2 is 1.51 bits per heavy atom. The fraction of sp³-hybridized carbons (Fsp3) is 0.0909. The van der Waals surface area contributed by atoms with E-state index in [-0.39, 0.29) is 5.91 Å². The number of carbonyl (C=O) groups is 1. The molecule has 6 heteroatoms. The number of nitrogens with one attached hydrogen (secondary N) is 1. The smallest absolute Gasteiger partial charge is 0.252 e. The number of amides is 1. The van der Waals surface area contributed by atoms with Crippen LogP contribution < -0.4 is 14.9 Å². The first kappa shape index (κ1) is 26.4. The van der Waals surface area contributed by atoms with E-state index >= 15 is 0 Å². The van der Waals surface area contributed by atoms with Crippen LogP contribution in [0.5, 0.6) is 11.5 Å². The Hall–Kier alpha value is -4.17. The second-order valence-corrected chi connectivity index (χ2v) is 10.1. The summed E-state index contributed by atoms with van der Waals surface area (Å²) < 4.78 is 12.8. The molecule has 0 radical (unpaired) electrons. The van der Waals surface area contributed by atoms with Crippen molar-refractivity contribution in [2.75, 3.05) is 7.11 Å². The third-order valence-electron chi connectivity index (χ3n) is 6.42. The number of carbonyl (C=O) groups excluding carboxylic acids is 1. The van der Waals surface area contributed by atoms with Gasteiger partial charge in [-0.2, -0.15) is 5.10 Å². The molecule has 0 aliphatic rings. The molecule has 0 fully saturated rings. The molecule has 39 heavy (non-hydrogen) atoms. The molecule has 0 aliphatic carbocycles. The first-order valence-corrected chi connectivity index (χ1v) is 13.6. The highest BCUT2D eigenvalue weighted by Crippen LogP contribution is 2.35. The van der Waals surface area contributed by atoms with Crippen molar-refractivity contribution in [3.8, 4) is 11.5 Å². The van der Waals surface area contributed by atoms with E-state index in [0.29, 0.717) is 18.1 Å². The van der Waals surface area contributed by atoms with Crippen LogP contribution in [-0.4, -0.2) is 19.2 Å². The van der Waals surface area contributed by atoms with Gasteiger partial charge in [-0.3, -0.25) is 4.79 Å². The number of ether oxygens (including phenoxy) is 2. The summed E-state index contributed by atoms with van der Waals surface area (Å²) in [7, 11) is 1.61. The number of fused-ring (bicyclic) bond motifs is 1. The minimum atomic E-state index is -0.468. The van der Waals surface area contributed by atoms with Crippen molar-refractivity contribution in [1.82, 2.24) is 5.43 Å². The highest BCUT2D eigenvalue weighted by molar-refractivity contribution is 14.1. The molecule has 0 aliphatic heterocycles. The molecule has 0 spiro atoms. The van der Waals surface area contributed by atoms with E-state index in [1.54, 1.807) is 13.3 Å². The molecule has 0 aromatic heterocycles. The molecule has 1 amide bonds. The lowest BCUT2D eigenvalue weighted by molar-refractivity contribution is -0.121. The van der Waals surface area contributed by atoms with E-state index in [2.05, 4.69) is 57.4 Å². The van der Waals surface area contributed by atoms with Crippen LogP contribution in [0.3, 0.4) is 0 Å². The maximum absolute atomic E-state index is 13.2. The van der Waals surface area contributed by atoms with Crippen LogP contribution in [0.4, 0.5) is 0 Å². The predicted octanol–water partition coefficient (Wildman–Crippen LogP) is 7.31. The highest BCUT2D eigenvalue weighted by atomic mass is 127. The van der Waals surface area contributed by atoms with Crippen molar-refractivity contribution in [3.05, 3.63) is 141 Å². The Labute approximate surface area is 241 Å². The van der Waals surface area contributed by atoms with E-state index in [1.165, 1.54) is 5.39 Å². The van der Waals surface area contributed by atoms with Gasteiger partial charge >= 0.3 is 0 Å². The van der Waals surface area contributed by atoms with Gasteiger partial charge in [0.2, 0.25) is 0 Å². The molecule has 0 unspecified atom stereocenters. The molecular weight excluding hydrogens is 599 g/mol. The Morgan fingerprint density at radius 3 is 2.21 bits per heavy atom. The number of rotatable bonds is 9. The molecule has 194 valence electrons. The second-order valence-electron chi connectivity index (χ2n) is 8.95. The Bertz CT molecular complexity index is 1560. The summed E-state index contributed by atoms with van der Waals surface area (Å²) in [6, 6.07) is 37.7. The van der Waals surface area contributed by atoms with E-state index in [0.717, 1.165) is 31.2 Å². The van der Waals surface area contributed by atoms with E-state index in [4.69, 9.17) is 9.47 Å². The average molecular weight is 626 g/mol. The fourth-order valence-electron chi connectivity index (χ4n) is 4.54. The summed E-state index contributed by atoms with van der Waals surface area (Å²) in [4.78, 5) is 13.2. The van der Waals surface area contributed by atoms with Crippen molar-refractivity contribution in [2.45, 2.75) is 12.5 Å². The molecule has 0 saturated carbocycles. The van der Waals surface area contributed by atoms with Crippen LogP contribution in [0.15, 0.2) is 120 Å². The molecule has 5 aromatic rings. The van der Waals surface area contributed by atoms with Crippen LogP contribution >= 0.6 is 22.6 Å². The van der Waals surface area contributed by atoms with Gasteiger partial charge in [0.1, 0.15) is 6.61 Å². The molecule has 5 nitrogen and oxygen atoms in total. The third-order valence-corrected chi connectivity index (χ3v) is 7.22. The third kappa shape index (κ3) is 6.29. The Morgan fingerprint density at radius 1 is 0.872 bits per heavy atom. The van der Waals surface area contributed by atoms with Gasteiger partial charge in [0, 0.05) is 0 Å². The number of nitrogens with zero attached hydrogens (tertiary/aromatic N) is 1. The van der Waals surface area contributed by atoms with Crippen molar-refractivity contribution in [2.24, 2.45) is 5.10 Å². The number of hydrogen-bond acceptors (Lipinski definition) is 4. The summed E-state index contributed by atoms with van der Waals surface area (Å²) in [6.45, 7) is 0.414. The fourth-order valence-corrected chi connectivity index (χ4v) is 5.32. The highest BCUT2D eigenvalue weighted by Gasteiger charge is 2.22. The molecule has 0 heterocycles. The van der Waals surface area contributed by atoms with Crippen molar-refractivity contribution >= 4 is 45.5 Å². The van der Waals surface area contributed by atoms with Crippen LogP contribution in [0.2, 0.25) is 0 Å². The van der Waals surface area contributed by atoms with Gasteiger partial charge in [-0.25, -0.2) is 5.43 Å². The van der Waals surface area contributed by atoms with Crippen LogP contribution in [-0.2, 0) is 11.4 Å².